The number of hydrogen-bond acceptors (Lipinski definition) is 5. The van der Waals surface area contributed by atoms with Crippen LogP contribution >= 0.6 is 11.8 Å². The molecule has 0 aliphatic heterocycles. The highest BCUT2D eigenvalue weighted by Crippen LogP contribution is 2.41. The number of benzene rings is 1. The van der Waals surface area contributed by atoms with E-state index in [4.69, 9.17) is 4.74 Å². The molecule has 2 atom stereocenters. The monoisotopic (exact) mass is 304 g/mol. The van der Waals surface area contributed by atoms with Crippen molar-refractivity contribution in [1.82, 2.24) is 20.1 Å². The van der Waals surface area contributed by atoms with Crippen LogP contribution in [0.4, 0.5) is 0 Å². The molecule has 0 bridgehead atoms. The molecule has 0 saturated heterocycles. The molecule has 1 aromatic carbocycles. The van der Waals surface area contributed by atoms with E-state index in [0.29, 0.717) is 11.3 Å². The Bertz CT molecular complexity index is 655. The molecule has 0 fully saturated rings. The SMILES string of the molecule is CNC1c2cc(OC)ccc2CC1Sc1nnc(C)n1C. The van der Waals surface area contributed by atoms with Crippen molar-refractivity contribution in [1.29, 1.82) is 0 Å². The van der Waals surface area contributed by atoms with Gasteiger partial charge in [-0.25, -0.2) is 0 Å². The lowest BCUT2D eigenvalue weighted by Crippen LogP contribution is -2.23. The summed E-state index contributed by atoms with van der Waals surface area (Å²) in [6.07, 6.45) is 1.03. The van der Waals surface area contributed by atoms with E-state index >= 15 is 0 Å². The zero-order valence-corrected chi connectivity index (χ0v) is 13.6. The second-order valence-electron chi connectivity index (χ2n) is 5.28. The van der Waals surface area contributed by atoms with Gasteiger partial charge in [-0.15, -0.1) is 10.2 Å². The molecular formula is C15H20N4OS. The molecule has 1 N–H and O–H groups in total. The number of hydrogen-bond donors (Lipinski definition) is 1. The molecule has 0 saturated carbocycles. The largest absolute Gasteiger partial charge is 0.497 e. The van der Waals surface area contributed by atoms with Crippen LogP contribution in [-0.2, 0) is 13.5 Å². The van der Waals surface area contributed by atoms with Crippen molar-refractivity contribution in [3.63, 3.8) is 0 Å². The van der Waals surface area contributed by atoms with Gasteiger partial charge in [0.05, 0.1) is 7.11 Å². The van der Waals surface area contributed by atoms with Crippen LogP contribution in [0.5, 0.6) is 5.75 Å². The number of rotatable bonds is 4. The predicted molar refractivity (Wildman–Crippen MR) is 83.9 cm³/mol. The van der Waals surface area contributed by atoms with E-state index < -0.39 is 0 Å². The summed E-state index contributed by atoms with van der Waals surface area (Å²) < 4.78 is 7.39. The number of nitrogens with one attached hydrogen (secondary N) is 1. The molecule has 6 heteroatoms. The number of aryl methyl sites for hydroxylation is 1. The van der Waals surface area contributed by atoms with E-state index in [-0.39, 0.29) is 0 Å². The molecule has 0 spiro atoms. The molecule has 21 heavy (non-hydrogen) atoms. The maximum atomic E-state index is 5.35. The lowest BCUT2D eigenvalue weighted by atomic mass is 10.1. The average molecular weight is 304 g/mol. The lowest BCUT2D eigenvalue weighted by molar-refractivity contribution is 0.413. The van der Waals surface area contributed by atoms with E-state index in [0.717, 1.165) is 23.2 Å². The van der Waals surface area contributed by atoms with Crippen molar-refractivity contribution < 1.29 is 4.74 Å². The molecule has 1 aliphatic carbocycles. The smallest absolute Gasteiger partial charge is 0.191 e. The molecule has 1 aliphatic rings. The number of methoxy groups -OCH3 is 1. The maximum absolute atomic E-state index is 5.35. The van der Waals surface area contributed by atoms with Gasteiger partial charge in [-0.05, 0) is 43.7 Å². The molecule has 0 amide bonds. The number of fused-ring (bicyclic) bond motifs is 1. The Hall–Kier alpha value is -1.53. The van der Waals surface area contributed by atoms with Crippen LogP contribution in [-0.4, -0.2) is 34.2 Å². The summed E-state index contributed by atoms with van der Waals surface area (Å²) in [6.45, 7) is 1.97. The Kier molecular flexibility index (Phi) is 3.91. The molecule has 3 rings (SSSR count). The predicted octanol–water partition coefficient (Wildman–Crippen LogP) is 2.11. The Morgan fingerprint density at radius 1 is 1.38 bits per heavy atom. The Balaban J connectivity index is 1.87. The van der Waals surface area contributed by atoms with Gasteiger partial charge in [-0.2, -0.15) is 0 Å². The molecule has 5 nitrogen and oxygen atoms in total. The number of ether oxygens (including phenoxy) is 1. The highest BCUT2D eigenvalue weighted by atomic mass is 32.2. The highest BCUT2D eigenvalue weighted by molar-refractivity contribution is 7.99. The van der Waals surface area contributed by atoms with Crippen molar-refractivity contribution in [2.24, 2.45) is 7.05 Å². The van der Waals surface area contributed by atoms with Gasteiger partial charge in [0.15, 0.2) is 5.16 Å². The molecule has 112 valence electrons. The highest BCUT2D eigenvalue weighted by Gasteiger charge is 2.33. The fourth-order valence-corrected chi connectivity index (χ4v) is 4.12. The fourth-order valence-electron chi connectivity index (χ4n) is 2.79. The molecule has 1 aromatic heterocycles. The van der Waals surface area contributed by atoms with Crippen molar-refractivity contribution in [3.05, 3.63) is 35.2 Å². The van der Waals surface area contributed by atoms with Gasteiger partial charge in [0, 0.05) is 18.3 Å². The summed E-state index contributed by atoms with van der Waals surface area (Å²) in [7, 11) is 5.73. The topological polar surface area (TPSA) is 52.0 Å². The van der Waals surface area contributed by atoms with Gasteiger partial charge < -0.3 is 14.6 Å². The normalized spacial score (nSPS) is 20.6. The van der Waals surface area contributed by atoms with Crippen LogP contribution < -0.4 is 10.1 Å². The summed E-state index contributed by atoms with van der Waals surface area (Å²) in [5.41, 5.74) is 2.71. The second kappa shape index (κ2) is 5.69. The summed E-state index contributed by atoms with van der Waals surface area (Å²) in [5, 5.41) is 13.2. The van der Waals surface area contributed by atoms with E-state index in [2.05, 4.69) is 27.6 Å². The quantitative estimate of drug-likeness (QED) is 0.937. The first-order valence-electron chi connectivity index (χ1n) is 7.00. The van der Waals surface area contributed by atoms with Crippen LogP contribution in [0.25, 0.3) is 0 Å². The van der Waals surface area contributed by atoms with Crippen molar-refractivity contribution >= 4 is 11.8 Å². The van der Waals surface area contributed by atoms with Gasteiger partial charge in [0.2, 0.25) is 0 Å². The van der Waals surface area contributed by atoms with E-state index in [1.807, 2.05) is 31.7 Å². The van der Waals surface area contributed by atoms with Crippen molar-refractivity contribution in [2.45, 2.75) is 29.8 Å². The van der Waals surface area contributed by atoms with Gasteiger partial charge >= 0.3 is 0 Å². The fraction of sp³-hybridized carbons (Fsp3) is 0.467. The Morgan fingerprint density at radius 3 is 2.81 bits per heavy atom. The first kappa shape index (κ1) is 14.4. The van der Waals surface area contributed by atoms with Crippen molar-refractivity contribution in [2.75, 3.05) is 14.2 Å². The zero-order valence-electron chi connectivity index (χ0n) is 12.8. The minimum Gasteiger partial charge on any atom is -0.497 e. The van der Waals surface area contributed by atoms with Crippen LogP contribution in [0, 0.1) is 6.92 Å². The summed E-state index contributed by atoms with van der Waals surface area (Å²) in [4.78, 5) is 0. The van der Waals surface area contributed by atoms with Crippen LogP contribution in [0.1, 0.15) is 23.0 Å². The zero-order chi connectivity index (χ0) is 15.0. The minimum absolute atomic E-state index is 0.303. The van der Waals surface area contributed by atoms with Crippen LogP contribution in [0.15, 0.2) is 23.4 Å². The average Bonchev–Trinajstić information content (AvgIpc) is 3.00. The lowest BCUT2D eigenvalue weighted by Gasteiger charge is -2.19. The van der Waals surface area contributed by atoms with Gasteiger partial charge in [-0.1, -0.05) is 17.8 Å². The summed E-state index contributed by atoms with van der Waals surface area (Å²) >= 11 is 1.79. The summed E-state index contributed by atoms with van der Waals surface area (Å²) in [5.74, 6) is 1.85. The first-order valence-corrected chi connectivity index (χ1v) is 7.88. The van der Waals surface area contributed by atoms with Gasteiger partial charge in [-0.3, -0.25) is 0 Å². The Labute approximate surface area is 129 Å². The van der Waals surface area contributed by atoms with Crippen LogP contribution in [0.2, 0.25) is 0 Å². The first-order chi connectivity index (χ1) is 10.1. The minimum atomic E-state index is 0.303. The number of nitrogens with zero attached hydrogens (tertiary/aromatic N) is 3. The molecule has 2 unspecified atom stereocenters. The molecular weight excluding hydrogens is 284 g/mol. The van der Waals surface area contributed by atoms with Gasteiger partial charge in [0.25, 0.3) is 0 Å². The maximum Gasteiger partial charge on any atom is 0.191 e. The molecule has 0 radical (unpaired) electrons. The third-order valence-electron chi connectivity index (χ3n) is 4.10. The third kappa shape index (κ3) is 2.53. The molecule has 2 aromatic rings. The summed E-state index contributed by atoms with van der Waals surface area (Å²) in [6, 6.07) is 6.64. The number of aromatic nitrogens is 3. The van der Waals surface area contributed by atoms with Crippen LogP contribution in [0.3, 0.4) is 0 Å². The van der Waals surface area contributed by atoms with E-state index in [9.17, 15) is 0 Å². The van der Waals surface area contributed by atoms with E-state index in [1.165, 1.54) is 11.1 Å². The number of thioether (sulfide) groups is 1. The Morgan fingerprint density at radius 2 is 2.19 bits per heavy atom. The molecule has 1 heterocycles. The second-order valence-corrected chi connectivity index (χ2v) is 6.49. The van der Waals surface area contributed by atoms with Gasteiger partial charge in [0.1, 0.15) is 11.6 Å². The van der Waals surface area contributed by atoms with E-state index in [1.54, 1.807) is 18.9 Å². The standard InChI is InChI=1S/C15H20N4OS/c1-9-17-18-15(19(9)3)21-13-7-10-5-6-11(20-4)8-12(10)14(13)16-2/h5-6,8,13-14,16H,7H2,1-4H3. The third-order valence-corrected chi connectivity index (χ3v) is 5.41. The van der Waals surface area contributed by atoms with Crippen molar-refractivity contribution in [3.8, 4) is 5.75 Å².